The number of rotatable bonds is 6. The lowest BCUT2D eigenvalue weighted by Crippen LogP contribution is -2.39. The quantitative estimate of drug-likeness (QED) is 0.547. The fraction of sp³-hybridized carbons (Fsp3) is 0.692. The van der Waals surface area contributed by atoms with Gasteiger partial charge in [0.15, 0.2) is 6.23 Å². The summed E-state index contributed by atoms with van der Waals surface area (Å²) in [6, 6.07) is 0. The minimum Gasteiger partial charge on any atom is -0.394 e. The maximum absolute atomic E-state index is 12.0. The molecule has 0 aromatic carbocycles. The molecule has 4 unspecified atom stereocenters. The first-order valence-corrected chi connectivity index (χ1v) is 6.89. The van der Waals surface area contributed by atoms with E-state index in [1.54, 1.807) is 6.92 Å². The van der Waals surface area contributed by atoms with Crippen LogP contribution in [0.15, 0.2) is 11.0 Å². The molecule has 4 atom stereocenters. The van der Waals surface area contributed by atoms with Crippen LogP contribution in [-0.2, 0) is 14.2 Å². The second-order valence-electron chi connectivity index (χ2n) is 5.07. The number of nitrogens with zero attached hydrogens (tertiary/aromatic N) is 2. The summed E-state index contributed by atoms with van der Waals surface area (Å²) in [4.78, 5) is 15.7. The van der Waals surface area contributed by atoms with E-state index in [0.717, 1.165) is 0 Å². The zero-order chi connectivity index (χ0) is 16.3. The van der Waals surface area contributed by atoms with Gasteiger partial charge in [-0.15, -0.1) is 12.4 Å². The molecule has 1 aliphatic heterocycles. The molecule has 1 aromatic heterocycles. The van der Waals surface area contributed by atoms with Crippen LogP contribution in [0.1, 0.15) is 11.8 Å². The number of aryl methyl sites for hydroxylation is 1. The van der Waals surface area contributed by atoms with Gasteiger partial charge in [0.05, 0.1) is 19.8 Å². The number of hydrogen-bond acceptors (Lipinski definition) is 8. The van der Waals surface area contributed by atoms with Crippen LogP contribution in [0.3, 0.4) is 0 Å². The average molecular weight is 352 g/mol. The Morgan fingerprint density at radius 3 is 2.78 bits per heavy atom. The summed E-state index contributed by atoms with van der Waals surface area (Å²) in [5, 5.41) is 19.5. The second-order valence-corrected chi connectivity index (χ2v) is 5.07. The molecule has 2 heterocycles. The van der Waals surface area contributed by atoms with Gasteiger partial charge in [-0.05, 0) is 6.92 Å². The smallest absolute Gasteiger partial charge is 0.351 e. The summed E-state index contributed by atoms with van der Waals surface area (Å²) >= 11 is 0. The molecule has 0 spiro atoms. The minimum absolute atomic E-state index is 0. The van der Waals surface area contributed by atoms with Gasteiger partial charge in [-0.1, -0.05) is 0 Å². The third-order valence-corrected chi connectivity index (χ3v) is 3.54. The van der Waals surface area contributed by atoms with Crippen molar-refractivity contribution in [3.63, 3.8) is 0 Å². The summed E-state index contributed by atoms with van der Waals surface area (Å²) in [6.07, 6.45) is -2.15. The Kier molecular flexibility index (Phi) is 7.39. The normalized spacial score (nSPS) is 27.0. The number of hydrogen-bond donors (Lipinski definition) is 3. The van der Waals surface area contributed by atoms with Crippen molar-refractivity contribution in [1.29, 1.82) is 0 Å². The largest absolute Gasteiger partial charge is 0.394 e. The van der Waals surface area contributed by atoms with E-state index >= 15 is 0 Å². The van der Waals surface area contributed by atoms with Crippen LogP contribution in [-0.4, -0.2) is 65.0 Å². The number of aromatic nitrogens is 2. The van der Waals surface area contributed by atoms with E-state index in [9.17, 15) is 15.0 Å². The third-order valence-electron chi connectivity index (χ3n) is 3.54. The number of ether oxygens (including phenoxy) is 3. The van der Waals surface area contributed by atoms with Crippen LogP contribution < -0.4 is 11.4 Å². The fourth-order valence-corrected chi connectivity index (χ4v) is 2.30. The molecule has 9 nitrogen and oxygen atoms in total. The number of aliphatic hydroxyl groups is 2. The summed E-state index contributed by atoms with van der Waals surface area (Å²) in [5.41, 5.74) is 5.59. The van der Waals surface area contributed by atoms with Gasteiger partial charge >= 0.3 is 5.69 Å². The van der Waals surface area contributed by atoms with Crippen LogP contribution in [0.25, 0.3) is 0 Å². The van der Waals surface area contributed by atoms with Gasteiger partial charge in [0.2, 0.25) is 0 Å². The molecule has 23 heavy (non-hydrogen) atoms. The Morgan fingerprint density at radius 2 is 2.17 bits per heavy atom. The van der Waals surface area contributed by atoms with E-state index in [0.29, 0.717) is 12.2 Å². The molecule has 1 fully saturated rings. The SMILES string of the molecule is COCCOC1C(O)C(CO)OC1n1cc(C)c(N)nc1=O.Cl. The average Bonchev–Trinajstić information content (AvgIpc) is 2.80. The highest BCUT2D eigenvalue weighted by Gasteiger charge is 2.45. The number of nitrogen functional groups attached to an aromatic ring is 1. The molecule has 0 aliphatic carbocycles. The Labute approximate surface area is 139 Å². The van der Waals surface area contributed by atoms with Crippen LogP contribution in [0.5, 0.6) is 0 Å². The molecule has 4 N–H and O–H groups in total. The highest BCUT2D eigenvalue weighted by Crippen LogP contribution is 2.31. The fourth-order valence-electron chi connectivity index (χ4n) is 2.30. The van der Waals surface area contributed by atoms with Gasteiger partial charge < -0.3 is 30.2 Å². The molecule has 1 saturated heterocycles. The number of methoxy groups -OCH3 is 1. The molecule has 10 heteroatoms. The van der Waals surface area contributed by atoms with Crippen LogP contribution >= 0.6 is 12.4 Å². The van der Waals surface area contributed by atoms with Gasteiger partial charge in [-0.2, -0.15) is 4.98 Å². The number of aliphatic hydroxyl groups excluding tert-OH is 2. The van der Waals surface area contributed by atoms with E-state index in [1.807, 2.05) is 0 Å². The molecule has 2 rings (SSSR count). The van der Waals surface area contributed by atoms with Crippen molar-refractivity contribution in [3.8, 4) is 0 Å². The van der Waals surface area contributed by atoms with Crippen molar-refractivity contribution < 1.29 is 24.4 Å². The molecule has 0 bridgehead atoms. The highest BCUT2D eigenvalue weighted by atomic mass is 35.5. The van der Waals surface area contributed by atoms with E-state index in [4.69, 9.17) is 19.9 Å². The summed E-state index contributed by atoms with van der Waals surface area (Å²) in [6.45, 7) is 1.85. The van der Waals surface area contributed by atoms with Gasteiger partial charge in [-0.25, -0.2) is 4.79 Å². The number of halogens is 1. The topological polar surface area (TPSA) is 129 Å². The van der Waals surface area contributed by atoms with Gasteiger partial charge in [0, 0.05) is 18.9 Å². The Hall–Kier alpha value is -1.23. The first-order valence-electron chi connectivity index (χ1n) is 6.89. The molecule has 1 aliphatic rings. The van der Waals surface area contributed by atoms with Crippen molar-refractivity contribution in [1.82, 2.24) is 9.55 Å². The molecule has 1 aromatic rings. The highest BCUT2D eigenvalue weighted by molar-refractivity contribution is 5.85. The van der Waals surface area contributed by atoms with Crippen molar-refractivity contribution >= 4 is 18.2 Å². The van der Waals surface area contributed by atoms with Crippen LogP contribution in [0.2, 0.25) is 0 Å². The first-order chi connectivity index (χ1) is 10.5. The lowest BCUT2D eigenvalue weighted by Gasteiger charge is -2.22. The van der Waals surface area contributed by atoms with Crippen molar-refractivity contribution in [2.75, 3.05) is 32.7 Å². The molecular weight excluding hydrogens is 330 g/mol. The zero-order valence-corrected chi connectivity index (χ0v) is 13.7. The monoisotopic (exact) mass is 351 g/mol. The van der Waals surface area contributed by atoms with Crippen molar-refractivity contribution in [2.24, 2.45) is 0 Å². The van der Waals surface area contributed by atoms with Gasteiger partial charge in [0.25, 0.3) is 0 Å². The van der Waals surface area contributed by atoms with Crippen LogP contribution in [0, 0.1) is 6.92 Å². The third kappa shape index (κ3) is 4.19. The maximum atomic E-state index is 12.0. The van der Waals surface area contributed by atoms with Gasteiger partial charge in [0.1, 0.15) is 24.1 Å². The second kappa shape index (κ2) is 8.57. The van der Waals surface area contributed by atoms with Crippen molar-refractivity contribution in [2.45, 2.75) is 31.5 Å². The van der Waals surface area contributed by atoms with Gasteiger partial charge in [-0.3, -0.25) is 4.57 Å². The molecular formula is C13H22ClN3O6. The number of nitrogens with two attached hydrogens (primary N) is 1. The Bertz CT molecular complexity index is 569. The minimum atomic E-state index is -1.07. The van der Waals surface area contributed by atoms with E-state index in [2.05, 4.69) is 4.98 Å². The molecule has 0 amide bonds. The number of anilines is 1. The van der Waals surface area contributed by atoms with Crippen molar-refractivity contribution in [3.05, 3.63) is 22.2 Å². The zero-order valence-electron chi connectivity index (χ0n) is 12.9. The predicted molar refractivity (Wildman–Crippen MR) is 83.5 cm³/mol. The van der Waals surface area contributed by atoms with Crippen LogP contribution in [0.4, 0.5) is 5.82 Å². The summed E-state index contributed by atoms with van der Waals surface area (Å²) in [7, 11) is 1.52. The standard InChI is InChI=1S/C13H21N3O6.ClH/c1-7-5-16(13(19)15-11(7)14)12-10(21-4-3-20-2)9(18)8(6-17)22-12;/h5,8-10,12,17-18H,3-4,6H2,1-2H3,(H2,14,15,19);1H. The maximum Gasteiger partial charge on any atom is 0.351 e. The summed E-state index contributed by atoms with van der Waals surface area (Å²) in [5.74, 6) is 0.135. The first kappa shape index (κ1) is 19.8. The van der Waals surface area contributed by atoms with E-state index < -0.39 is 36.8 Å². The van der Waals surface area contributed by atoms with E-state index in [-0.39, 0.29) is 24.8 Å². The molecule has 0 radical (unpaired) electrons. The molecule has 0 saturated carbocycles. The van der Waals surface area contributed by atoms with E-state index in [1.165, 1.54) is 17.9 Å². The summed E-state index contributed by atoms with van der Waals surface area (Å²) < 4.78 is 17.2. The Morgan fingerprint density at radius 1 is 1.48 bits per heavy atom. The predicted octanol–water partition coefficient (Wildman–Crippen LogP) is -1.16. The lowest BCUT2D eigenvalue weighted by molar-refractivity contribution is -0.0819. The lowest BCUT2D eigenvalue weighted by atomic mass is 10.1. The molecule has 132 valence electrons. The Balaban J connectivity index is 0.00000264.